The zero-order chi connectivity index (χ0) is 14.8. The van der Waals surface area contributed by atoms with Gasteiger partial charge < -0.3 is 4.74 Å². The van der Waals surface area contributed by atoms with Crippen LogP contribution in [0.1, 0.15) is 17.3 Å². The monoisotopic (exact) mass is 292 g/mol. The number of benzene rings is 1. The van der Waals surface area contributed by atoms with Crippen molar-refractivity contribution in [2.75, 3.05) is 12.9 Å². The van der Waals surface area contributed by atoms with Crippen molar-refractivity contribution in [2.24, 2.45) is 0 Å². The van der Waals surface area contributed by atoms with E-state index in [1.54, 1.807) is 0 Å². The molecule has 1 aromatic rings. The van der Waals surface area contributed by atoms with Gasteiger partial charge >= 0.3 is 5.97 Å². The lowest BCUT2D eigenvalue weighted by molar-refractivity contribution is -0.137. The molecule has 0 radical (unpaired) electrons. The number of carbonyl (C=O) groups is 2. The zero-order valence-electron chi connectivity index (χ0n) is 10.1. The molecule has 8 heteroatoms. The molecular formula is C11H10F2O5S. The number of Topliss-reactive ketones (excluding diaryl/α,β-unsaturated/α-hetero) is 1. The average Bonchev–Trinajstić information content (AvgIpc) is 2.26. The minimum atomic E-state index is -4.21. The van der Waals surface area contributed by atoms with Crippen LogP contribution in [0.25, 0.3) is 0 Å². The van der Waals surface area contributed by atoms with Crippen molar-refractivity contribution in [1.82, 2.24) is 0 Å². The standard InChI is InChI=1S/C11H10F2O5S/c1-3-18-11(15)9(14)6-4-5-7(12)10(8(6)13)19(2,16)17/h4-5H,3H2,1-2H3. The van der Waals surface area contributed by atoms with Crippen LogP contribution < -0.4 is 0 Å². The highest BCUT2D eigenvalue weighted by Crippen LogP contribution is 2.22. The zero-order valence-corrected chi connectivity index (χ0v) is 10.9. The van der Waals surface area contributed by atoms with Crippen LogP contribution in [-0.2, 0) is 19.4 Å². The number of hydrogen-bond donors (Lipinski definition) is 0. The third-order valence-corrected chi connectivity index (χ3v) is 3.24. The third-order valence-electron chi connectivity index (χ3n) is 2.13. The second-order valence-corrected chi connectivity index (χ2v) is 5.51. The van der Waals surface area contributed by atoms with Gasteiger partial charge in [-0.2, -0.15) is 0 Å². The summed E-state index contributed by atoms with van der Waals surface area (Å²) in [4.78, 5) is 21.4. The lowest BCUT2D eigenvalue weighted by Crippen LogP contribution is -2.20. The van der Waals surface area contributed by atoms with Crippen LogP contribution in [-0.4, -0.2) is 33.0 Å². The predicted molar refractivity (Wildman–Crippen MR) is 60.4 cm³/mol. The van der Waals surface area contributed by atoms with E-state index >= 15 is 0 Å². The Labute approximate surface area is 108 Å². The summed E-state index contributed by atoms with van der Waals surface area (Å²) >= 11 is 0. The van der Waals surface area contributed by atoms with Gasteiger partial charge in [0.05, 0.1) is 12.2 Å². The fraction of sp³-hybridized carbons (Fsp3) is 0.273. The number of rotatable bonds is 4. The van der Waals surface area contributed by atoms with Crippen LogP contribution >= 0.6 is 0 Å². The quantitative estimate of drug-likeness (QED) is 0.472. The topological polar surface area (TPSA) is 77.5 Å². The molecule has 0 unspecified atom stereocenters. The summed E-state index contributed by atoms with van der Waals surface area (Å²) in [6.07, 6.45) is 0.590. The number of hydrogen-bond acceptors (Lipinski definition) is 5. The third kappa shape index (κ3) is 3.14. The number of esters is 1. The van der Waals surface area contributed by atoms with Crippen molar-refractivity contribution >= 4 is 21.6 Å². The van der Waals surface area contributed by atoms with E-state index in [4.69, 9.17) is 0 Å². The second-order valence-electron chi connectivity index (χ2n) is 3.56. The molecule has 0 saturated heterocycles. The van der Waals surface area contributed by atoms with Crippen LogP contribution in [0.2, 0.25) is 0 Å². The maximum Gasteiger partial charge on any atom is 0.379 e. The van der Waals surface area contributed by atoms with Crippen molar-refractivity contribution in [2.45, 2.75) is 11.8 Å². The van der Waals surface area contributed by atoms with Gasteiger partial charge in [0, 0.05) is 6.26 Å². The summed E-state index contributed by atoms with van der Waals surface area (Å²) in [6, 6.07) is 1.30. The highest BCUT2D eigenvalue weighted by Gasteiger charge is 2.28. The summed E-state index contributed by atoms with van der Waals surface area (Å²) in [5.41, 5.74) is -0.847. The molecule has 0 aliphatic heterocycles. The Morgan fingerprint density at radius 1 is 1.26 bits per heavy atom. The van der Waals surface area contributed by atoms with E-state index < -0.39 is 43.7 Å². The van der Waals surface area contributed by atoms with Gasteiger partial charge in [0.25, 0.3) is 5.78 Å². The molecule has 0 spiro atoms. The van der Waals surface area contributed by atoms with Crippen molar-refractivity contribution in [3.8, 4) is 0 Å². The summed E-state index contributed by atoms with van der Waals surface area (Å²) in [7, 11) is -4.21. The second kappa shape index (κ2) is 5.43. The lowest BCUT2D eigenvalue weighted by atomic mass is 10.1. The molecule has 0 atom stereocenters. The molecule has 0 saturated carbocycles. The first-order chi connectivity index (χ1) is 8.70. The summed E-state index contributed by atoms with van der Waals surface area (Å²) in [5, 5.41) is 0. The Balaban J connectivity index is 3.41. The Kier molecular flexibility index (Phi) is 4.35. The van der Waals surface area contributed by atoms with E-state index in [2.05, 4.69) is 4.74 Å². The summed E-state index contributed by atoms with van der Waals surface area (Å²) < 4.78 is 54.0. The first-order valence-electron chi connectivity index (χ1n) is 5.09. The number of ether oxygens (including phenoxy) is 1. The van der Waals surface area contributed by atoms with Crippen LogP contribution in [0, 0.1) is 11.6 Å². The predicted octanol–water partition coefficient (Wildman–Crippen LogP) is 1.11. The van der Waals surface area contributed by atoms with Gasteiger partial charge in [-0.15, -0.1) is 0 Å². The average molecular weight is 292 g/mol. The number of carbonyl (C=O) groups excluding carboxylic acids is 2. The van der Waals surface area contributed by atoms with Crippen LogP contribution in [0.15, 0.2) is 17.0 Å². The van der Waals surface area contributed by atoms with E-state index in [9.17, 15) is 26.8 Å². The number of halogens is 2. The molecule has 1 aromatic carbocycles. The Bertz CT molecular complexity index is 637. The first kappa shape index (κ1) is 15.2. The van der Waals surface area contributed by atoms with Gasteiger partial charge in [0.2, 0.25) is 0 Å². The first-order valence-corrected chi connectivity index (χ1v) is 6.98. The molecule has 0 aliphatic rings. The van der Waals surface area contributed by atoms with Crippen LogP contribution in [0.5, 0.6) is 0 Å². The van der Waals surface area contributed by atoms with E-state index in [-0.39, 0.29) is 6.61 Å². The SMILES string of the molecule is CCOC(=O)C(=O)c1ccc(F)c(S(C)(=O)=O)c1F. The van der Waals surface area contributed by atoms with Crippen molar-refractivity contribution in [1.29, 1.82) is 0 Å². The fourth-order valence-corrected chi connectivity index (χ4v) is 2.21. The highest BCUT2D eigenvalue weighted by molar-refractivity contribution is 7.90. The summed E-state index contributed by atoms with van der Waals surface area (Å²) in [5.74, 6) is -5.64. The lowest BCUT2D eigenvalue weighted by Gasteiger charge is -2.07. The van der Waals surface area contributed by atoms with Gasteiger partial charge in [0.1, 0.15) is 10.7 Å². The van der Waals surface area contributed by atoms with E-state index in [0.29, 0.717) is 18.4 Å². The summed E-state index contributed by atoms with van der Waals surface area (Å²) in [6.45, 7) is 1.33. The normalized spacial score (nSPS) is 11.2. The van der Waals surface area contributed by atoms with Crippen LogP contribution in [0.3, 0.4) is 0 Å². The molecule has 104 valence electrons. The maximum atomic E-state index is 13.8. The molecule has 5 nitrogen and oxygen atoms in total. The maximum absolute atomic E-state index is 13.8. The molecule has 0 amide bonds. The Morgan fingerprint density at radius 2 is 1.84 bits per heavy atom. The molecule has 0 bridgehead atoms. The van der Waals surface area contributed by atoms with Crippen LogP contribution in [0.4, 0.5) is 8.78 Å². The number of sulfone groups is 1. The largest absolute Gasteiger partial charge is 0.460 e. The molecular weight excluding hydrogens is 282 g/mol. The fourth-order valence-electron chi connectivity index (χ4n) is 1.35. The van der Waals surface area contributed by atoms with E-state index in [1.165, 1.54) is 6.92 Å². The smallest absolute Gasteiger partial charge is 0.379 e. The van der Waals surface area contributed by atoms with Gasteiger partial charge in [0.15, 0.2) is 15.7 Å². The van der Waals surface area contributed by atoms with Gasteiger partial charge in [-0.3, -0.25) is 4.79 Å². The highest BCUT2D eigenvalue weighted by atomic mass is 32.2. The molecule has 1 rings (SSSR count). The van der Waals surface area contributed by atoms with Gasteiger partial charge in [-0.05, 0) is 19.1 Å². The molecule has 0 aliphatic carbocycles. The van der Waals surface area contributed by atoms with Gasteiger partial charge in [-0.25, -0.2) is 22.0 Å². The number of ketones is 1. The van der Waals surface area contributed by atoms with E-state index in [1.807, 2.05) is 0 Å². The molecule has 0 aromatic heterocycles. The Hall–Kier alpha value is -1.83. The van der Waals surface area contributed by atoms with Crippen molar-refractivity contribution < 1.29 is 31.5 Å². The molecule has 0 heterocycles. The minimum absolute atomic E-state index is 0.105. The van der Waals surface area contributed by atoms with Crippen molar-refractivity contribution in [3.63, 3.8) is 0 Å². The Morgan fingerprint density at radius 3 is 2.32 bits per heavy atom. The van der Waals surface area contributed by atoms with Crippen molar-refractivity contribution in [3.05, 3.63) is 29.3 Å². The minimum Gasteiger partial charge on any atom is -0.460 e. The molecule has 0 fully saturated rings. The molecule has 19 heavy (non-hydrogen) atoms. The molecule has 0 N–H and O–H groups in total. The van der Waals surface area contributed by atoms with Gasteiger partial charge in [-0.1, -0.05) is 0 Å². The van der Waals surface area contributed by atoms with E-state index in [0.717, 1.165) is 0 Å².